The molecule has 0 spiro atoms. The Morgan fingerprint density at radius 1 is 1.19 bits per heavy atom. The minimum Gasteiger partial charge on any atom is -0.512 e. The molecule has 0 aliphatic heterocycles. The number of aliphatic hydroxyl groups excluding tert-OH is 1. The number of carbonyl (C=O) groups excluding carboxylic acids is 1. The van der Waals surface area contributed by atoms with Crippen molar-refractivity contribution in [2.75, 3.05) is 0 Å². The molecule has 0 amide bonds. The van der Waals surface area contributed by atoms with Crippen LogP contribution >= 0.6 is 0 Å². The molecular formula is C19H26O2. The number of hydrogen-bond acceptors (Lipinski definition) is 2. The first-order valence-electron chi connectivity index (χ1n) is 8.07. The van der Waals surface area contributed by atoms with Crippen molar-refractivity contribution in [1.82, 2.24) is 0 Å². The summed E-state index contributed by atoms with van der Waals surface area (Å²) < 4.78 is 0. The van der Waals surface area contributed by atoms with E-state index in [1.807, 2.05) is 0 Å². The molecule has 0 saturated carbocycles. The fraction of sp³-hybridized carbons (Fsp3) is 0.526. The van der Waals surface area contributed by atoms with Gasteiger partial charge in [-0.1, -0.05) is 51.5 Å². The molecule has 114 valence electrons. The molecule has 1 unspecified atom stereocenters. The summed E-state index contributed by atoms with van der Waals surface area (Å²) in [6, 6.07) is 8.49. The molecule has 0 saturated heterocycles. The van der Waals surface area contributed by atoms with Crippen LogP contribution in [0, 0.1) is 0 Å². The van der Waals surface area contributed by atoms with Crippen LogP contribution in [0.3, 0.4) is 0 Å². The maximum absolute atomic E-state index is 12.3. The standard InChI is InChI=1S/C19H26O2/c1-4-5-6-17-18(20)11-16(12-19(17)21)15-9-7-14(8-10-15)13(2)3/h7-10,13,16,20H,4-6,11-12H2,1-3H3. The van der Waals surface area contributed by atoms with Gasteiger partial charge in [0.1, 0.15) is 0 Å². The van der Waals surface area contributed by atoms with Crippen molar-refractivity contribution in [2.45, 2.75) is 64.7 Å². The van der Waals surface area contributed by atoms with Gasteiger partial charge in [-0.25, -0.2) is 0 Å². The quantitative estimate of drug-likeness (QED) is 0.801. The summed E-state index contributed by atoms with van der Waals surface area (Å²) >= 11 is 0. The molecule has 0 radical (unpaired) electrons. The molecule has 2 rings (SSSR count). The lowest BCUT2D eigenvalue weighted by Gasteiger charge is -2.24. The lowest BCUT2D eigenvalue weighted by molar-refractivity contribution is -0.116. The van der Waals surface area contributed by atoms with E-state index in [1.54, 1.807) is 0 Å². The van der Waals surface area contributed by atoms with Crippen molar-refractivity contribution in [3.05, 3.63) is 46.7 Å². The molecule has 1 N–H and O–H groups in total. The fourth-order valence-electron chi connectivity index (χ4n) is 2.96. The number of ketones is 1. The van der Waals surface area contributed by atoms with Crippen LogP contribution in [0.15, 0.2) is 35.6 Å². The molecule has 1 aromatic rings. The van der Waals surface area contributed by atoms with Crippen LogP contribution in [0.25, 0.3) is 0 Å². The topological polar surface area (TPSA) is 37.3 Å². The molecule has 0 fully saturated rings. The molecule has 1 aliphatic carbocycles. The van der Waals surface area contributed by atoms with E-state index in [4.69, 9.17) is 0 Å². The third kappa shape index (κ3) is 3.75. The highest BCUT2D eigenvalue weighted by Gasteiger charge is 2.28. The van der Waals surface area contributed by atoms with Gasteiger partial charge in [0, 0.05) is 18.4 Å². The zero-order valence-electron chi connectivity index (χ0n) is 13.4. The summed E-state index contributed by atoms with van der Waals surface area (Å²) in [4.78, 5) is 12.3. The first kappa shape index (κ1) is 15.8. The Bertz CT molecular complexity index is 523. The maximum atomic E-state index is 12.3. The largest absolute Gasteiger partial charge is 0.512 e. The van der Waals surface area contributed by atoms with Crippen LogP contribution in [0.4, 0.5) is 0 Å². The van der Waals surface area contributed by atoms with Crippen molar-refractivity contribution in [2.24, 2.45) is 0 Å². The van der Waals surface area contributed by atoms with Crippen LogP contribution in [0.2, 0.25) is 0 Å². The highest BCUT2D eigenvalue weighted by molar-refractivity contribution is 5.97. The van der Waals surface area contributed by atoms with Crippen LogP contribution in [0.1, 0.15) is 75.8 Å². The second-order valence-corrected chi connectivity index (χ2v) is 6.38. The second kappa shape index (κ2) is 6.93. The third-order valence-corrected chi connectivity index (χ3v) is 4.41. The minimum absolute atomic E-state index is 0.129. The lowest BCUT2D eigenvalue weighted by Crippen LogP contribution is -2.18. The van der Waals surface area contributed by atoms with Crippen molar-refractivity contribution in [1.29, 1.82) is 0 Å². The molecule has 1 aliphatic rings. The molecule has 0 aromatic heterocycles. The number of hydrogen-bond donors (Lipinski definition) is 1. The van der Waals surface area contributed by atoms with Gasteiger partial charge < -0.3 is 5.11 Å². The first-order valence-corrected chi connectivity index (χ1v) is 8.07. The van der Waals surface area contributed by atoms with Crippen molar-refractivity contribution < 1.29 is 9.90 Å². The summed E-state index contributed by atoms with van der Waals surface area (Å²) in [5.41, 5.74) is 3.14. The van der Waals surface area contributed by atoms with Crippen molar-refractivity contribution in [3.8, 4) is 0 Å². The van der Waals surface area contributed by atoms with E-state index in [-0.39, 0.29) is 11.7 Å². The Balaban J connectivity index is 2.13. The Morgan fingerprint density at radius 3 is 2.38 bits per heavy atom. The minimum atomic E-state index is 0.129. The summed E-state index contributed by atoms with van der Waals surface area (Å²) in [5.74, 6) is 1.09. The number of Topliss-reactive ketones (excluding diaryl/α,β-unsaturated/α-hetero) is 1. The highest BCUT2D eigenvalue weighted by atomic mass is 16.3. The highest BCUT2D eigenvalue weighted by Crippen LogP contribution is 2.35. The summed E-state index contributed by atoms with van der Waals surface area (Å²) in [6.07, 6.45) is 3.87. The number of benzene rings is 1. The molecule has 0 heterocycles. The van der Waals surface area contributed by atoms with Gasteiger partial charge in [0.2, 0.25) is 0 Å². The Labute approximate surface area is 127 Å². The normalized spacial score (nSPS) is 19.4. The van der Waals surface area contributed by atoms with Crippen molar-refractivity contribution in [3.63, 3.8) is 0 Å². The monoisotopic (exact) mass is 286 g/mol. The fourth-order valence-corrected chi connectivity index (χ4v) is 2.96. The Hall–Kier alpha value is -1.57. The predicted octanol–water partition coefficient (Wildman–Crippen LogP) is 5.26. The summed E-state index contributed by atoms with van der Waals surface area (Å²) in [6.45, 7) is 6.45. The second-order valence-electron chi connectivity index (χ2n) is 6.38. The van der Waals surface area contributed by atoms with Gasteiger partial charge in [0.25, 0.3) is 0 Å². The number of carbonyl (C=O) groups is 1. The van der Waals surface area contributed by atoms with Crippen molar-refractivity contribution >= 4 is 5.78 Å². The van der Waals surface area contributed by atoms with Gasteiger partial charge in [-0.05, 0) is 35.8 Å². The number of aliphatic hydroxyl groups is 1. The van der Waals surface area contributed by atoms with Gasteiger partial charge in [-0.2, -0.15) is 0 Å². The molecule has 1 aromatic carbocycles. The summed E-state index contributed by atoms with van der Waals surface area (Å²) in [5, 5.41) is 10.2. The van der Waals surface area contributed by atoms with E-state index < -0.39 is 0 Å². The number of allylic oxidation sites excluding steroid dienone is 2. The summed E-state index contributed by atoms with van der Waals surface area (Å²) in [7, 11) is 0. The SMILES string of the molecule is CCCCC1=C(O)CC(c2ccc(C(C)C)cc2)CC1=O. The van der Waals surface area contributed by atoms with Crippen LogP contribution < -0.4 is 0 Å². The molecule has 2 heteroatoms. The Kier molecular flexibility index (Phi) is 5.22. The van der Waals surface area contributed by atoms with E-state index in [2.05, 4.69) is 45.0 Å². The molecule has 2 nitrogen and oxygen atoms in total. The van der Waals surface area contributed by atoms with E-state index in [1.165, 1.54) is 5.56 Å². The van der Waals surface area contributed by atoms with Gasteiger partial charge in [0.15, 0.2) is 5.78 Å². The molecule has 1 atom stereocenters. The van der Waals surface area contributed by atoms with Gasteiger partial charge >= 0.3 is 0 Å². The zero-order chi connectivity index (χ0) is 15.4. The van der Waals surface area contributed by atoms with E-state index >= 15 is 0 Å². The van der Waals surface area contributed by atoms with E-state index in [0.717, 1.165) is 24.8 Å². The molecule has 0 bridgehead atoms. The number of rotatable bonds is 5. The maximum Gasteiger partial charge on any atom is 0.162 e. The average molecular weight is 286 g/mol. The third-order valence-electron chi connectivity index (χ3n) is 4.41. The van der Waals surface area contributed by atoms with E-state index in [0.29, 0.717) is 30.1 Å². The average Bonchev–Trinajstić information content (AvgIpc) is 2.46. The van der Waals surface area contributed by atoms with Crippen LogP contribution in [0.5, 0.6) is 0 Å². The molecule has 21 heavy (non-hydrogen) atoms. The zero-order valence-corrected chi connectivity index (χ0v) is 13.4. The van der Waals surface area contributed by atoms with E-state index in [9.17, 15) is 9.90 Å². The van der Waals surface area contributed by atoms with Gasteiger partial charge in [-0.3, -0.25) is 4.79 Å². The first-order chi connectivity index (χ1) is 10.0. The molecular weight excluding hydrogens is 260 g/mol. The number of unbranched alkanes of at least 4 members (excludes halogenated alkanes) is 1. The Morgan fingerprint density at radius 2 is 1.86 bits per heavy atom. The van der Waals surface area contributed by atoms with Crippen LogP contribution in [-0.4, -0.2) is 10.9 Å². The van der Waals surface area contributed by atoms with Gasteiger partial charge in [0.05, 0.1) is 5.76 Å². The smallest absolute Gasteiger partial charge is 0.162 e. The van der Waals surface area contributed by atoms with Gasteiger partial charge in [-0.15, -0.1) is 0 Å². The van der Waals surface area contributed by atoms with Crippen LogP contribution in [-0.2, 0) is 4.79 Å². The predicted molar refractivity (Wildman–Crippen MR) is 86.7 cm³/mol. The lowest BCUT2D eigenvalue weighted by atomic mass is 9.81.